The minimum atomic E-state index is -0.729. The fraction of sp³-hybridized carbons (Fsp3) is 0.529. The zero-order valence-corrected chi connectivity index (χ0v) is 13.8. The average Bonchev–Trinajstić information content (AvgIpc) is 3.16. The molecule has 0 bridgehead atoms. The van der Waals surface area contributed by atoms with E-state index in [1.807, 2.05) is 37.3 Å². The van der Waals surface area contributed by atoms with Gasteiger partial charge >= 0.3 is 12.1 Å². The Morgan fingerprint density at radius 2 is 2.04 bits per heavy atom. The number of likely N-dealkylation sites (tertiary alicyclic amines) is 1. The number of benzene rings is 1. The predicted octanol–water partition coefficient (Wildman–Crippen LogP) is 2.05. The minimum absolute atomic E-state index is 0.0800. The topological polar surface area (TPSA) is 74.3 Å². The number of nitrogens with zero attached hydrogens (tertiary/aromatic N) is 1. The fourth-order valence-electron chi connectivity index (χ4n) is 3.27. The van der Waals surface area contributed by atoms with Crippen molar-refractivity contribution in [2.45, 2.75) is 44.1 Å². The van der Waals surface area contributed by atoms with E-state index in [1.165, 1.54) is 12.0 Å². The normalized spacial score (nSPS) is 29.0. The van der Waals surface area contributed by atoms with Crippen molar-refractivity contribution in [3.63, 3.8) is 0 Å². The van der Waals surface area contributed by atoms with Crippen molar-refractivity contribution in [2.24, 2.45) is 0 Å². The molecule has 24 heavy (non-hydrogen) atoms. The summed E-state index contributed by atoms with van der Waals surface area (Å²) in [5, 5.41) is 0. The summed E-state index contributed by atoms with van der Waals surface area (Å²) >= 11 is 0. The van der Waals surface area contributed by atoms with Crippen LogP contribution in [0.5, 0.6) is 0 Å². The summed E-state index contributed by atoms with van der Waals surface area (Å²) in [6.07, 6.45) is 0.311. The quantitative estimate of drug-likeness (QED) is 0.622. The highest BCUT2D eigenvalue weighted by molar-refractivity contribution is 5.82. The van der Waals surface area contributed by atoms with Crippen molar-refractivity contribution in [3.05, 3.63) is 35.9 Å². The monoisotopic (exact) mass is 335 g/mol. The molecule has 1 amide bonds. The van der Waals surface area contributed by atoms with Gasteiger partial charge in [-0.3, -0.25) is 4.90 Å². The molecule has 2 saturated heterocycles. The highest BCUT2D eigenvalue weighted by Gasteiger charge is 2.55. The van der Waals surface area contributed by atoms with Crippen molar-refractivity contribution in [3.8, 4) is 0 Å². The van der Waals surface area contributed by atoms with Gasteiger partial charge in [0.2, 0.25) is 0 Å². The fourth-order valence-corrected chi connectivity index (χ4v) is 3.27. The summed E-state index contributed by atoms with van der Waals surface area (Å²) in [4.78, 5) is 36.5. The van der Waals surface area contributed by atoms with Crippen molar-refractivity contribution >= 4 is 12.1 Å². The van der Waals surface area contributed by atoms with E-state index in [0.29, 0.717) is 12.8 Å². The molecule has 1 aromatic carbocycles. The van der Waals surface area contributed by atoms with E-state index in [4.69, 9.17) is 19.2 Å². The standard InChI is InChI=1S/C17H21NO6/c1-12-8-17(24-23-12)9-14(15(19)21-2)18(11-17)16(20)22-10-13-6-4-3-5-7-13/h3-7,12,14H,8-11H2,1-2H3/t12?,14-,17?/m0/s1. The number of ether oxygens (including phenoxy) is 2. The first-order valence-electron chi connectivity index (χ1n) is 7.93. The number of methoxy groups -OCH3 is 1. The molecule has 2 unspecified atom stereocenters. The van der Waals surface area contributed by atoms with Gasteiger partial charge in [-0.25, -0.2) is 19.4 Å². The van der Waals surface area contributed by atoms with Gasteiger partial charge in [0.05, 0.1) is 19.8 Å². The summed E-state index contributed by atoms with van der Waals surface area (Å²) in [7, 11) is 1.30. The number of rotatable bonds is 3. The highest BCUT2D eigenvalue weighted by Crippen LogP contribution is 2.40. The lowest BCUT2D eigenvalue weighted by atomic mass is 9.94. The van der Waals surface area contributed by atoms with Crippen LogP contribution < -0.4 is 0 Å². The molecule has 2 aliphatic heterocycles. The lowest BCUT2D eigenvalue weighted by molar-refractivity contribution is -0.320. The van der Waals surface area contributed by atoms with Crippen LogP contribution in [0.25, 0.3) is 0 Å². The summed E-state index contributed by atoms with van der Waals surface area (Å²) < 4.78 is 10.2. The number of amides is 1. The number of hydrogen-bond acceptors (Lipinski definition) is 6. The number of carbonyl (C=O) groups excluding carboxylic acids is 2. The lowest BCUT2D eigenvalue weighted by Crippen LogP contribution is -2.42. The smallest absolute Gasteiger partial charge is 0.410 e. The van der Waals surface area contributed by atoms with Crippen LogP contribution in [-0.4, -0.2) is 48.4 Å². The van der Waals surface area contributed by atoms with Crippen molar-refractivity contribution in [2.75, 3.05) is 13.7 Å². The molecule has 0 aliphatic carbocycles. The maximum absolute atomic E-state index is 12.5. The number of hydrogen-bond donors (Lipinski definition) is 0. The van der Waals surface area contributed by atoms with E-state index in [-0.39, 0.29) is 19.3 Å². The van der Waals surface area contributed by atoms with Gasteiger partial charge in [-0.15, -0.1) is 0 Å². The first-order chi connectivity index (χ1) is 11.5. The maximum atomic E-state index is 12.5. The Bertz CT molecular complexity index is 606. The van der Waals surface area contributed by atoms with Crippen LogP contribution in [-0.2, 0) is 30.7 Å². The molecule has 130 valence electrons. The Morgan fingerprint density at radius 3 is 2.67 bits per heavy atom. The van der Waals surface area contributed by atoms with E-state index >= 15 is 0 Å². The molecule has 2 fully saturated rings. The second-order valence-corrected chi connectivity index (χ2v) is 6.29. The first-order valence-corrected chi connectivity index (χ1v) is 7.93. The predicted molar refractivity (Wildman–Crippen MR) is 82.7 cm³/mol. The van der Waals surface area contributed by atoms with Crippen LogP contribution in [0.4, 0.5) is 4.79 Å². The molecule has 1 aromatic rings. The third-order valence-electron chi connectivity index (χ3n) is 4.36. The van der Waals surface area contributed by atoms with E-state index < -0.39 is 23.7 Å². The van der Waals surface area contributed by atoms with E-state index in [9.17, 15) is 9.59 Å². The second-order valence-electron chi connectivity index (χ2n) is 6.29. The second kappa shape index (κ2) is 6.78. The number of esters is 1. The highest BCUT2D eigenvalue weighted by atomic mass is 17.2. The maximum Gasteiger partial charge on any atom is 0.410 e. The SMILES string of the molecule is COC(=O)[C@@H]1CC2(CC(C)OO2)CN1C(=O)OCc1ccccc1. The zero-order chi connectivity index (χ0) is 17.2. The Kier molecular flexibility index (Phi) is 4.73. The van der Waals surface area contributed by atoms with Gasteiger partial charge in [0.1, 0.15) is 18.2 Å². The van der Waals surface area contributed by atoms with E-state index in [0.717, 1.165) is 5.56 Å². The summed E-state index contributed by atoms with van der Waals surface area (Å²) in [5.41, 5.74) is 0.202. The average molecular weight is 335 g/mol. The Hall–Kier alpha value is -2.12. The molecular formula is C17H21NO6. The molecule has 0 N–H and O–H groups in total. The van der Waals surface area contributed by atoms with Crippen LogP contribution in [0.3, 0.4) is 0 Å². The van der Waals surface area contributed by atoms with Crippen LogP contribution >= 0.6 is 0 Å². The van der Waals surface area contributed by atoms with Gasteiger partial charge in [0.15, 0.2) is 0 Å². The van der Waals surface area contributed by atoms with Gasteiger partial charge in [-0.2, -0.15) is 0 Å². The van der Waals surface area contributed by atoms with Crippen molar-refractivity contribution in [1.29, 1.82) is 0 Å². The molecule has 7 nitrogen and oxygen atoms in total. The van der Waals surface area contributed by atoms with Crippen molar-refractivity contribution < 1.29 is 28.8 Å². The van der Waals surface area contributed by atoms with E-state index in [1.54, 1.807) is 0 Å². The van der Waals surface area contributed by atoms with Crippen LogP contribution in [0.15, 0.2) is 30.3 Å². The van der Waals surface area contributed by atoms with Crippen LogP contribution in [0.2, 0.25) is 0 Å². The summed E-state index contributed by atoms with van der Waals surface area (Å²) in [6, 6.07) is 8.64. The Balaban J connectivity index is 1.69. The van der Waals surface area contributed by atoms with Gasteiger partial charge in [-0.05, 0) is 12.5 Å². The summed E-state index contributed by atoms with van der Waals surface area (Å²) in [5.74, 6) is -0.480. The molecule has 0 radical (unpaired) electrons. The molecular weight excluding hydrogens is 314 g/mol. The summed E-state index contributed by atoms with van der Waals surface area (Å²) in [6.45, 7) is 2.27. The lowest BCUT2D eigenvalue weighted by Gasteiger charge is -2.22. The molecule has 3 atom stereocenters. The van der Waals surface area contributed by atoms with E-state index in [2.05, 4.69) is 0 Å². The van der Waals surface area contributed by atoms with Crippen molar-refractivity contribution in [1.82, 2.24) is 4.90 Å². The number of carbonyl (C=O) groups is 2. The molecule has 7 heteroatoms. The Morgan fingerprint density at radius 1 is 1.29 bits per heavy atom. The first kappa shape index (κ1) is 16.7. The van der Waals surface area contributed by atoms with Gasteiger partial charge in [0.25, 0.3) is 0 Å². The molecule has 2 heterocycles. The molecule has 1 spiro atoms. The van der Waals surface area contributed by atoms with Gasteiger partial charge in [0, 0.05) is 12.8 Å². The van der Waals surface area contributed by atoms with Gasteiger partial charge in [-0.1, -0.05) is 30.3 Å². The van der Waals surface area contributed by atoms with Gasteiger partial charge < -0.3 is 9.47 Å². The van der Waals surface area contributed by atoms with Crippen LogP contribution in [0, 0.1) is 0 Å². The third-order valence-corrected chi connectivity index (χ3v) is 4.36. The Labute approximate surface area is 140 Å². The minimum Gasteiger partial charge on any atom is -0.467 e. The zero-order valence-electron chi connectivity index (χ0n) is 13.8. The molecule has 0 aromatic heterocycles. The van der Waals surface area contributed by atoms with Crippen LogP contribution in [0.1, 0.15) is 25.3 Å². The largest absolute Gasteiger partial charge is 0.467 e. The molecule has 2 aliphatic rings. The molecule has 3 rings (SSSR count). The molecule has 0 saturated carbocycles. The third kappa shape index (κ3) is 3.37.